The fourth-order valence-corrected chi connectivity index (χ4v) is 2.48. The minimum atomic E-state index is -4.46. The summed E-state index contributed by atoms with van der Waals surface area (Å²) >= 11 is 0. The highest BCUT2D eigenvalue weighted by Gasteiger charge is 2.30. The van der Waals surface area contributed by atoms with Gasteiger partial charge in [-0.25, -0.2) is 9.18 Å². The zero-order valence-corrected chi connectivity index (χ0v) is 14.3. The van der Waals surface area contributed by atoms with Gasteiger partial charge in [-0.15, -0.1) is 0 Å². The van der Waals surface area contributed by atoms with Crippen molar-refractivity contribution in [3.05, 3.63) is 71.0 Å². The van der Waals surface area contributed by atoms with Crippen LogP contribution in [-0.4, -0.2) is 25.0 Å². The summed E-state index contributed by atoms with van der Waals surface area (Å²) in [6, 6.07) is 8.67. The molecule has 0 aliphatic carbocycles. The Balaban J connectivity index is 2.04. The third kappa shape index (κ3) is 6.09. The van der Waals surface area contributed by atoms with Gasteiger partial charge in [-0.2, -0.15) is 13.2 Å². The molecule has 4 nitrogen and oxygen atoms in total. The van der Waals surface area contributed by atoms with Gasteiger partial charge < -0.3 is 10.1 Å². The van der Waals surface area contributed by atoms with Gasteiger partial charge in [-0.1, -0.05) is 24.3 Å². The molecule has 27 heavy (non-hydrogen) atoms. The number of hydrogen-bond donors (Lipinski definition) is 1. The Labute approximate surface area is 153 Å². The van der Waals surface area contributed by atoms with Crippen molar-refractivity contribution < 1.29 is 31.9 Å². The van der Waals surface area contributed by atoms with Gasteiger partial charge in [0.15, 0.2) is 0 Å². The molecule has 2 rings (SSSR count). The first-order chi connectivity index (χ1) is 12.7. The Bertz CT molecular complexity index is 803. The molecule has 0 aliphatic heterocycles. The number of carbonyl (C=O) groups is 2. The molecule has 8 heteroatoms. The number of methoxy groups -OCH3 is 1. The van der Waals surface area contributed by atoms with E-state index in [2.05, 4.69) is 10.1 Å². The van der Waals surface area contributed by atoms with E-state index in [1.54, 1.807) is 6.07 Å². The molecule has 0 unspecified atom stereocenters. The lowest BCUT2D eigenvalue weighted by Gasteiger charge is -2.17. The predicted octanol–water partition coefficient (Wildman–Crippen LogP) is 3.29. The van der Waals surface area contributed by atoms with Crippen LogP contribution in [0.5, 0.6) is 0 Å². The molecule has 0 fully saturated rings. The summed E-state index contributed by atoms with van der Waals surface area (Å²) in [5.74, 6) is -1.76. The second kappa shape index (κ2) is 8.66. The topological polar surface area (TPSA) is 55.4 Å². The number of ether oxygens (including phenoxy) is 1. The fourth-order valence-electron chi connectivity index (χ4n) is 2.48. The number of benzene rings is 2. The van der Waals surface area contributed by atoms with E-state index < -0.39 is 35.5 Å². The molecule has 0 aliphatic rings. The Kier molecular flexibility index (Phi) is 6.55. The average molecular weight is 383 g/mol. The first kappa shape index (κ1) is 20.4. The summed E-state index contributed by atoms with van der Waals surface area (Å²) in [6.07, 6.45) is -4.65. The maximum Gasteiger partial charge on any atom is 0.416 e. The van der Waals surface area contributed by atoms with E-state index in [0.29, 0.717) is 11.1 Å². The number of rotatable bonds is 6. The predicted molar refractivity (Wildman–Crippen MR) is 89.2 cm³/mol. The molecule has 0 aromatic heterocycles. The summed E-state index contributed by atoms with van der Waals surface area (Å²) in [5, 5.41) is 2.47. The van der Waals surface area contributed by atoms with E-state index in [4.69, 9.17) is 0 Å². The van der Waals surface area contributed by atoms with Gasteiger partial charge in [-0.05, 0) is 35.4 Å². The number of alkyl halides is 3. The van der Waals surface area contributed by atoms with Gasteiger partial charge in [0, 0.05) is 6.42 Å². The lowest BCUT2D eigenvalue weighted by molar-refractivity contribution is -0.145. The summed E-state index contributed by atoms with van der Waals surface area (Å²) in [4.78, 5) is 24.1. The zero-order valence-electron chi connectivity index (χ0n) is 14.3. The third-order valence-electron chi connectivity index (χ3n) is 3.80. The van der Waals surface area contributed by atoms with Crippen LogP contribution >= 0.6 is 0 Å². The second-order valence-corrected chi connectivity index (χ2v) is 5.85. The normalized spacial score (nSPS) is 12.3. The third-order valence-corrected chi connectivity index (χ3v) is 3.80. The number of hydrogen-bond acceptors (Lipinski definition) is 3. The average Bonchev–Trinajstić information content (AvgIpc) is 2.60. The van der Waals surface area contributed by atoms with Crippen LogP contribution in [0.4, 0.5) is 17.6 Å². The molecule has 0 saturated carbocycles. The number of carbonyl (C=O) groups excluding carboxylic acids is 2. The summed E-state index contributed by atoms with van der Waals surface area (Å²) in [5.41, 5.74) is 0.0281. The molecule has 2 aromatic rings. The van der Waals surface area contributed by atoms with E-state index in [0.717, 1.165) is 19.2 Å². The first-order valence-electron chi connectivity index (χ1n) is 7.97. The van der Waals surface area contributed by atoms with Crippen molar-refractivity contribution >= 4 is 11.9 Å². The van der Waals surface area contributed by atoms with Crippen LogP contribution < -0.4 is 5.32 Å². The number of esters is 1. The minimum Gasteiger partial charge on any atom is -0.467 e. The van der Waals surface area contributed by atoms with Crippen LogP contribution in [0.25, 0.3) is 0 Å². The Morgan fingerprint density at radius 2 is 1.74 bits per heavy atom. The molecule has 0 bridgehead atoms. The fraction of sp³-hybridized carbons (Fsp3) is 0.263. The minimum absolute atomic E-state index is 0.0170. The van der Waals surface area contributed by atoms with Crippen molar-refractivity contribution in [2.45, 2.75) is 25.1 Å². The van der Waals surface area contributed by atoms with Crippen molar-refractivity contribution in [1.82, 2.24) is 5.32 Å². The quantitative estimate of drug-likeness (QED) is 0.615. The largest absolute Gasteiger partial charge is 0.467 e. The van der Waals surface area contributed by atoms with Crippen molar-refractivity contribution in [2.24, 2.45) is 0 Å². The number of nitrogens with one attached hydrogen (secondary N) is 1. The molecule has 0 saturated heterocycles. The van der Waals surface area contributed by atoms with E-state index in [-0.39, 0.29) is 12.8 Å². The first-order valence-corrected chi connectivity index (χ1v) is 7.97. The number of halogens is 4. The van der Waals surface area contributed by atoms with Crippen LogP contribution in [0.15, 0.2) is 48.5 Å². The van der Waals surface area contributed by atoms with Crippen LogP contribution in [0.3, 0.4) is 0 Å². The standard InChI is InChI=1S/C19H17F4NO3/c1-27-18(26)16(10-13-3-2-4-15(20)9-13)24-17(25)11-12-5-7-14(8-6-12)19(21,22)23/h2-9,16H,10-11H2,1H3,(H,24,25)/t16-/m0/s1. The Hall–Kier alpha value is -2.90. The highest BCUT2D eigenvalue weighted by Crippen LogP contribution is 2.29. The van der Waals surface area contributed by atoms with Crippen molar-refractivity contribution in [3.8, 4) is 0 Å². The van der Waals surface area contributed by atoms with Gasteiger partial charge >= 0.3 is 12.1 Å². The van der Waals surface area contributed by atoms with Crippen molar-refractivity contribution in [3.63, 3.8) is 0 Å². The smallest absolute Gasteiger partial charge is 0.416 e. The summed E-state index contributed by atoms with van der Waals surface area (Å²) in [7, 11) is 1.16. The molecule has 0 spiro atoms. The lowest BCUT2D eigenvalue weighted by Crippen LogP contribution is -2.43. The van der Waals surface area contributed by atoms with Crippen molar-refractivity contribution in [1.29, 1.82) is 0 Å². The SMILES string of the molecule is COC(=O)[C@H](Cc1cccc(F)c1)NC(=O)Cc1ccc(C(F)(F)F)cc1. The maximum absolute atomic E-state index is 13.3. The van der Waals surface area contributed by atoms with E-state index >= 15 is 0 Å². The Morgan fingerprint density at radius 1 is 1.07 bits per heavy atom. The van der Waals surface area contributed by atoms with Gasteiger partial charge in [0.2, 0.25) is 5.91 Å². The summed E-state index contributed by atoms with van der Waals surface area (Å²) < 4.78 is 55.6. The van der Waals surface area contributed by atoms with Gasteiger partial charge in [0.1, 0.15) is 11.9 Å². The summed E-state index contributed by atoms with van der Waals surface area (Å²) in [6.45, 7) is 0. The highest BCUT2D eigenvalue weighted by molar-refractivity contribution is 5.85. The molecule has 0 heterocycles. The molecule has 1 amide bonds. The van der Waals surface area contributed by atoms with E-state index in [1.807, 2.05) is 0 Å². The van der Waals surface area contributed by atoms with Crippen molar-refractivity contribution in [2.75, 3.05) is 7.11 Å². The zero-order chi connectivity index (χ0) is 20.0. The van der Waals surface area contributed by atoms with Crippen LogP contribution in [0.1, 0.15) is 16.7 Å². The molecular weight excluding hydrogens is 366 g/mol. The lowest BCUT2D eigenvalue weighted by atomic mass is 10.0. The molecule has 1 N–H and O–H groups in total. The maximum atomic E-state index is 13.3. The number of amides is 1. The van der Waals surface area contributed by atoms with Gasteiger partial charge in [0.25, 0.3) is 0 Å². The molecule has 1 atom stereocenters. The van der Waals surface area contributed by atoms with E-state index in [1.165, 1.54) is 30.3 Å². The van der Waals surface area contributed by atoms with Crippen LogP contribution in [-0.2, 0) is 33.3 Å². The van der Waals surface area contributed by atoms with E-state index in [9.17, 15) is 27.2 Å². The second-order valence-electron chi connectivity index (χ2n) is 5.85. The molecule has 2 aromatic carbocycles. The molecular formula is C19H17F4NO3. The molecule has 144 valence electrons. The Morgan fingerprint density at radius 3 is 2.30 bits per heavy atom. The van der Waals surface area contributed by atoms with Gasteiger partial charge in [0.05, 0.1) is 19.1 Å². The van der Waals surface area contributed by atoms with Gasteiger partial charge in [-0.3, -0.25) is 4.79 Å². The van der Waals surface area contributed by atoms with Crippen LogP contribution in [0.2, 0.25) is 0 Å². The molecule has 0 radical (unpaired) electrons. The highest BCUT2D eigenvalue weighted by atomic mass is 19.4. The monoisotopic (exact) mass is 383 g/mol. The van der Waals surface area contributed by atoms with Crippen LogP contribution in [0, 0.1) is 5.82 Å².